The molecule has 0 spiro atoms. The Bertz CT molecular complexity index is 382. The van der Waals surface area contributed by atoms with Gasteiger partial charge in [-0.15, -0.1) is 0 Å². The minimum Gasteiger partial charge on any atom is -0.395 e. The van der Waals surface area contributed by atoms with Gasteiger partial charge in [0.15, 0.2) is 0 Å². The molecular formula is C15H25BrN2O2. The summed E-state index contributed by atoms with van der Waals surface area (Å²) in [5.74, 6) is 0. The average Bonchev–Trinajstić information content (AvgIpc) is 2.44. The van der Waals surface area contributed by atoms with Crippen LogP contribution in [0.5, 0.6) is 0 Å². The van der Waals surface area contributed by atoms with Crippen molar-refractivity contribution >= 4 is 21.6 Å². The molecule has 20 heavy (non-hydrogen) atoms. The normalized spacial score (nSPS) is 10.8. The molecule has 4 nitrogen and oxygen atoms in total. The van der Waals surface area contributed by atoms with Crippen LogP contribution in [0.3, 0.4) is 0 Å². The summed E-state index contributed by atoms with van der Waals surface area (Å²) in [5.41, 5.74) is 2.42. The van der Waals surface area contributed by atoms with Crippen molar-refractivity contribution in [2.24, 2.45) is 0 Å². The molecule has 0 aliphatic carbocycles. The average molecular weight is 345 g/mol. The Labute approximate surface area is 130 Å². The van der Waals surface area contributed by atoms with Crippen molar-refractivity contribution in [1.82, 2.24) is 5.32 Å². The number of rotatable bonds is 10. The molecule has 1 rings (SSSR count). The lowest BCUT2D eigenvalue weighted by Gasteiger charge is -2.26. The number of methoxy groups -OCH3 is 1. The summed E-state index contributed by atoms with van der Waals surface area (Å²) in [7, 11) is 1.71. The topological polar surface area (TPSA) is 44.7 Å². The first-order chi connectivity index (χ1) is 9.72. The molecule has 114 valence electrons. The lowest BCUT2D eigenvalue weighted by molar-refractivity contribution is 0.199. The zero-order chi connectivity index (χ0) is 14.8. The van der Waals surface area contributed by atoms with E-state index in [1.807, 2.05) is 0 Å². The van der Waals surface area contributed by atoms with Crippen LogP contribution in [0.15, 0.2) is 22.7 Å². The Morgan fingerprint density at radius 3 is 2.80 bits per heavy atom. The summed E-state index contributed by atoms with van der Waals surface area (Å²) in [6.07, 6.45) is 1.06. The number of hydrogen-bond donors (Lipinski definition) is 2. The Morgan fingerprint density at radius 2 is 2.15 bits per heavy atom. The van der Waals surface area contributed by atoms with E-state index in [-0.39, 0.29) is 6.61 Å². The van der Waals surface area contributed by atoms with E-state index in [4.69, 9.17) is 4.74 Å². The van der Waals surface area contributed by atoms with Gasteiger partial charge in [0.1, 0.15) is 0 Å². The third-order valence-electron chi connectivity index (χ3n) is 3.05. The molecule has 2 N–H and O–H groups in total. The Kier molecular flexibility index (Phi) is 8.85. The molecule has 0 heterocycles. The molecule has 0 bridgehead atoms. The summed E-state index contributed by atoms with van der Waals surface area (Å²) >= 11 is 3.53. The van der Waals surface area contributed by atoms with Crippen LogP contribution < -0.4 is 10.2 Å². The molecule has 0 unspecified atom stereocenters. The van der Waals surface area contributed by atoms with Gasteiger partial charge in [0.25, 0.3) is 0 Å². The summed E-state index contributed by atoms with van der Waals surface area (Å²) in [6, 6.07) is 6.30. The number of aliphatic hydroxyl groups is 1. The van der Waals surface area contributed by atoms with Crippen LogP contribution in [0.2, 0.25) is 0 Å². The maximum absolute atomic E-state index is 9.25. The van der Waals surface area contributed by atoms with E-state index in [2.05, 4.69) is 51.3 Å². The lowest BCUT2D eigenvalue weighted by atomic mass is 10.1. The molecule has 0 atom stereocenters. The lowest BCUT2D eigenvalue weighted by Crippen LogP contribution is -2.29. The summed E-state index contributed by atoms with van der Waals surface area (Å²) in [6.45, 7) is 6.28. The molecule has 0 aromatic heterocycles. The van der Waals surface area contributed by atoms with Gasteiger partial charge in [-0.05, 0) is 24.1 Å². The van der Waals surface area contributed by atoms with Crippen molar-refractivity contribution in [3.05, 3.63) is 28.2 Å². The van der Waals surface area contributed by atoms with Gasteiger partial charge < -0.3 is 20.1 Å². The van der Waals surface area contributed by atoms with E-state index >= 15 is 0 Å². The predicted octanol–water partition coefficient (Wildman–Crippen LogP) is 2.39. The first-order valence-electron chi connectivity index (χ1n) is 7.06. The van der Waals surface area contributed by atoms with E-state index in [0.29, 0.717) is 13.2 Å². The molecule has 0 fully saturated rings. The molecule has 1 aromatic carbocycles. The highest BCUT2D eigenvalue weighted by Crippen LogP contribution is 2.25. The van der Waals surface area contributed by atoms with Gasteiger partial charge in [0, 0.05) is 43.4 Å². The molecule has 1 aromatic rings. The number of hydrogen-bond acceptors (Lipinski definition) is 4. The fraction of sp³-hybridized carbons (Fsp3) is 0.600. The number of halogens is 1. The van der Waals surface area contributed by atoms with Crippen LogP contribution in [-0.4, -0.2) is 45.1 Å². The zero-order valence-corrected chi connectivity index (χ0v) is 13.9. The van der Waals surface area contributed by atoms with Gasteiger partial charge in [-0.1, -0.05) is 28.9 Å². The highest BCUT2D eigenvalue weighted by molar-refractivity contribution is 9.10. The van der Waals surface area contributed by atoms with Crippen LogP contribution in [0.4, 0.5) is 5.69 Å². The number of anilines is 1. The second kappa shape index (κ2) is 10.2. The number of benzene rings is 1. The van der Waals surface area contributed by atoms with E-state index in [1.54, 1.807) is 7.11 Å². The van der Waals surface area contributed by atoms with Gasteiger partial charge in [-0.2, -0.15) is 0 Å². The fourth-order valence-corrected chi connectivity index (χ4v) is 2.47. The molecule has 0 radical (unpaired) electrons. The van der Waals surface area contributed by atoms with Crippen LogP contribution in [0, 0.1) is 0 Å². The predicted molar refractivity (Wildman–Crippen MR) is 87.3 cm³/mol. The smallest absolute Gasteiger partial charge is 0.0606 e. The summed E-state index contributed by atoms with van der Waals surface area (Å²) in [5, 5.41) is 12.6. The first kappa shape index (κ1) is 17.4. The number of ether oxygens (including phenoxy) is 1. The molecule has 0 amide bonds. The van der Waals surface area contributed by atoms with Gasteiger partial charge in [-0.3, -0.25) is 0 Å². The first-order valence-corrected chi connectivity index (χ1v) is 7.86. The van der Waals surface area contributed by atoms with Gasteiger partial charge >= 0.3 is 0 Å². The Hall–Kier alpha value is -0.620. The zero-order valence-electron chi connectivity index (χ0n) is 12.4. The SMILES string of the molecule is CCCN(CCO)c1cc(Br)ccc1CNCCOC. The second-order valence-electron chi connectivity index (χ2n) is 4.65. The molecule has 0 saturated heterocycles. The monoisotopic (exact) mass is 344 g/mol. The molecule has 0 saturated carbocycles. The Morgan fingerprint density at radius 1 is 1.35 bits per heavy atom. The maximum atomic E-state index is 9.25. The van der Waals surface area contributed by atoms with Crippen molar-refractivity contribution in [1.29, 1.82) is 0 Å². The minimum atomic E-state index is 0.170. The minimum absolute atomic E-state index is 0.170. The number of aliphatic hydroxyl groups excluding tert-OH is 1. The molecule has 0 aliphatic heterocycles. The van der Waals surface area contributed by atoms with Gasteiger partial charge in [0.2, 0.25) is 0 Å². The third-order valence-corrected chi connectivity index (χ3v) is 3.54. The highest BCUT2D eigenvalue weighted by atomic mass is 79.9. The van der Waals surface area contributed by atoms with E-state index in [9.17, 15) is 5.11 Å². The van der Waals surface area contributed by atoms with Crippen LogP contribution in [-0.2, 0) is 11.3 Å². The molecule has 0 aliphatic rings. The summed E-state index contributed by atoms with van der Waals surface area (Å²) in [4.78, 5) is 2.23. The van der Waals surface area contributed by atoms with Crippen molar-refractivity contribution in [2.75, 3.05) is 44.9 Å². The van der Waals surface area contributed by atoms with Crippen molar-refractivity contribution in [3.8, 4) is 0 Å². The molecular weight excluding hydrogens is 320 g/mol. The van der Waals surface area contributed by atoms with E-state index in [1.165, 1.54) is 11.3 Å². The van der Waals surface area contributed by atoms with Crippen LogP contribution >= 0.6 is 15.9 Å². The van der Waals surface area contributed by atoms with E-state index < -0.39 is 0 Å². The number of nitrogens with one attached hydrogen (secondary N) is 1. The second-order valence-corrected chi connectivity index (χ2v) is 5.57. The van der Waals surface area contributed by atoms with Crippen LogP contribution in [0.25, 0.3) is 0 Å². The van der Waals surface area contributed by atoms with Crippen molar-refractivity contribution in [2.45, 2.75) is 19.9 Å². The molecule has 5 heteroatoms. The van der Waals surface area contributed by atoms with Crippen molar-refractivity contribution < 1.29 is 9.84 Å². The number of nitrogens with zero attached hydrogens (tertiary/aromatic N) is 1. The van der Waals surface area contributed by atoms with E-state index in [0.717, 1.165) is 30.5 Å². The van der Waals surface area contributed by atoms with Crippen molar-refractivity contribution in [3.63, 3.8) is 0 Å². The largest absolute Gasteiger partial charge is 0.395 e. The van der Waals surface area contributed by atoms with Gasteiger partial charge in [-0.25, -0.2) is 0 Å². The third kappa shape index (κ3) is 5.79. The highest BCUT2D eigenvalue weighted by Gasteiger charge is 2.10. The quantitative estimate of drug-likeness (QED) is 0.639. The summed E-state index contributed by atoms with van der Waals surface area (Å²) < 4.78 is 6.10. The Balaban J connectivity index is 2.81. The fourth-order valence-electron chi connectivity index (χ4n) is 2.12. The van der Waals surface area contributed by atoms with Crippen LogP contribution in [0.1, 0.15) is 18.9 Å². The standard InChI is InChI=1S/C15H25BrN2O2/c1-3-7-18(8-9-19)15-11-14(16)5-4-13(15)12-17-6-10-20-2/h4-5,11,17,19H,3,6-10,12H2,1-2H3. The maximum Gasteiger partial charge on any atom is 0.0606 e. The van der Waals surface area contributed by atoms with Gasteiger partial charge in [0.05, 0.1) is 13.2 Å².